The van der Waals surface area contributed by atoms with E-state index in [0.717, 1.165) is 32.4 Å². The van der Waals surface area contributed by atoms with E-state index in [1.165, 1.54) is 22.2 Å². The normalized spacial score (nSPS) is 20.0. The zero-order valence-electron chi connectivity index (χ0n) is 17.8. The van der Waals surface area contributed by atoms with Gasteiger partial charge in [0.15, 0.2) is 0 Å². The number of nitrogens with zero attached hydrogens (tertiary/aromatic N) is 2. The Labute approximate surface area is 183 Å². The third-order valence-electron chi connectivity index (χ3n) is 6.87. The summed E-state index contributed by atoms with van der Waals surface area (Å²) in [6.45, 7) is 2.79. The van der Waals surface area contributed by atoms with Gasteiger partial charge in [0, 0.05) is 49.7 Å². The molecule has 31 heavy (non-hydrogen) atoms. The molecule has 2 aromatic carbocycles. The molecule has 0 radical (unpaired) electrons. The maximum absolute atomic E-state index is 13.1. The first kappa shape index (κ1) is 19.9. The number of nitrogens with one attached hydrogen (secondary N) is 1. The summed E-state index contributed by atoms with van der Waals surface area (Å²) >= 11 is 0. The molecule has 2 amide bonds. The number of carbonyl (C=O) groups excluding carboxylic acids is 2. The van der Waals surface area contributed by atoms with Gasteiger partial charge in [0.05, 0.1) is 5.92 Å². The predicted molar refractivity (Wildman–Crippen MR) is 122 cm³/mol. The lowest BCUT2D eigenvalue weighted by atomic mass is 9.92. The number of aromatic amines is 1. The van der Waals surface area contributed by atoms with Gasteiger partial charge in [0.25, 0.3) is 0 Å². The fraction of sp³-hybridized carbons (Fsp3) is 0.385. The van der Waals surface area contributed by atoms with E-state index in [0.29, 0.717) is 25.4 Å². The highest BCUT2D eigenvalue weighted by molar-refractivity contribution is 5.89. The number of fused-ring (bicyclic) bond motifs is 1. The molecule has 5 heteroatoms. The molecule has 5 rings (SSSR count). The zero-order valence-corrected chi connectivity index (χ0v) is 17.8. The second kappa shape index (κ2) is 8.58. The Morgan fingerprint density at radius 3 is 2.52 bits per heavy atom. The van der Waals surface area contributed by atoms with Crippen LogP contribution in [0.5, 0.6) is 0 Å². The average Bonchev–Trinajstić information content (AvgIpc) is 3.41. The van der Waals surface area contributed by atoms with Gasteiger partial charge in [-0.25, -0.2) is 0 Å². The number of likely N-dealkylation sites (tertiary alicyclic amines) is 2. The molecule has 1 aromatic heterocycles. The Bertz CT molecular complexity index is 1030. The number of H-pyrrole nitrogens is 1. The largest absolute Gasteiger partial charge is 0.358 e. The molecule has 2 aliphatic rings. The maximum Gasteiger partial charge on any atom is 0.227 e. The van der Waals surface area contributed by atoms with Crippen molar-refractivity contribution >= 4 is 22.7 Å². The van der Waals surface area contributed by atoms with Gasteiger partial charge in [-0.3, -0.25) is 9.59 Å². The van der Waals surface area contributed by atoms with Crippen LogP contribution >= 0.6 is 0 Å². The van der Waals surface area contributed by atoms with E-state index >= 15 is 0 Å². The van der Waals surface area contributed by atoms with Crippen LogP contribution in [0.25, 0.3) is 10.9 Å². The molecular weight excluding hydrogens is 386 g/mol. The number of rotatable bonds is 5. The van der Waals surface area contributed by atoms with Gasteiger partial charge in [-0.1, -0.05) is 48.5 Å². The molecule has 0 saturated carbocycles. The topological polar surface area (TPSA) is 56.4 Å². The summed E-state index contributed by atoms with van der Waals surface area (Å²) < 4.78 is 0. The van der Waals surface area contributed by atoms with E-state index < -0.39 is 0 Å². The Balaban J connectivity index is 1.14. The lowest BCUT2D eigenvalue weighted by Crippen LogP contribution is -2.42. The molecule has 1 atom stereocenters. The standard InChI is InChI=1S/C26H29N3O2/c30-25-17-22(18-29(25)13-10-19-6-2-1-3-7-19)26(31)28-14-11-20(12-15-28)24-16-21-8-4-5-9-23(21)27-24/h1-9,16,20,22,27H,10-15,17-18H2. The highest BCUT2D eigenvalue weighted by Gasteiger charge is 2.37. The van der Waals surface area contributed by atoms with Crippen LogP contribution in [0.4, 0.5) is 0 Å². The molecule has 5 nitrogen and oxygen atoms in total. The smallest absolute Gasteiger partial charge is 0.227 e. The molecule has 2 saturated heterocycles. The number of piperidine rings is 1. The molecule has 0 aliphatic carbocycles. The molecule has 3 heterocycles. The van der Waals surface area contributed by atoms with E-state index in [1.54, 1.807) is 0 Å². The molecule has 1 N–H and O–H groups in total. The van der Waals surface area contributed by atoms with Gasteiger partial charge in [0.1, 0.15) is 0 Å². The van der Waals surface area contributed by atoms with E-state index in [4.69, 9.17) is 0 Å². The van der Waals surface area contributed by atoms with E-state index in [-0.39, 0.29) is 17.7 Å². The van der Waals surface area contributed by atoms with E-state index in [9.17, 15) is 9.59 Å². The van der Waals surface area contributed by atoms with Gasteiger partial charge in [-0.15, -0.1) is 0 Å². The van der Waals surface area contributed by atoms with Crippen molar-refractivity contribution in [3.05, 3.63) is 71.9 Å². The summed E-state index contributed by atoms with van der Waals surface area (Å²) in [6.07, 6.45) is 3.13. The van der Waals surface area contributed by atoms with Gasteiger partial charge >= 0.3 is 0 Å². The quantitative estimate of drug-likeness (QED) is 0.686. The predicted octanol–water partition coefficient (Wildman–Crippen LogP) is 3.97. The van der Waals surface area contributed by atoms with Crippen LogP contribution in [0.3, 0.4) is 0 Å². The molecule has 160 valence electrons. The molecule has 2 fully saturated rings. The van der Waals surface area contributed by atoms with Crippen LogP contribution in [-0.2, 0) is 16.0 Å². The number of hydrogen-bond donors (Lipinski definition) is 1. The summed E-state index contributed by atoms with van der Waals surface area (Å²) in [4.78, 5) is 33.0. The summed E-state index contributed by atoms with van der Waals surface area (Å²) in [5.74, 6) is 0.546. The number of hydrogen-bond acceptors (Lipinski definition) is 2. The minimum Gasteiger partial charge on any atom is -0.358 e. The highest BCUT2D eigenvalue weighted by atomic mass is 16.2. The molecule has 2 aliphatic heterocycles. The average molecular weight is 416 g/mol. The summed E-state index contributed by atoms with van der Waals surface area (Å²) in [5.41, 5.74) is 3.68. The van der Waals surface area contributed by atoms with Crippen LogP contribution in [0.15, 0.2) is 60.7 Å². The van der Waals surface area contributed by atoms with Crippen LogP contribution in [0.2, 0.25) is 0 Å². The molecule has 1 unspecified atom stereocenters. The van der Waals surface area contributed by atoms with Gasteiger partial charge in [-0.05, 0) is 42.3 Å². The SMILES string of the molecule is O=C1CC(C(=O)N2CCC(c3cc4ccccc4[nH]3)CC2)CN1CCc1ccccc1. The minimum atomic E-state index is -0.187. The third-order valence-corrected chi connectivity index (χ3v) is 6.87. The van der Waals surface area contributed by atoms with Crippen molar-refractivity contribution in [2.75, 3.05) is 26.2 Å². The number of carbonyl (C=O) groups is 2. The Hall–Kier alpha value is -3.08. The molecule has 3 aromatic rings. The number of aromatic nitrogens is 1. The van der Waals surface area contributed by atoms with Gasteiger partial charge in [0.2, 0.25) is 11.8 Å². The zero-order chi connectivity index (χ0) is 21.2. The Morgan fingerprint density at radius 2 is 1.74 bits per heavy atom. The van der Waals surface area contributed by atoms with Crippen molar-refractivity contribution in [1.29, 1.82) is 0 Å². The summed E-state index contributed by atoms with van der Waals surface area (Å²) in [6, 6.07) is 20.8. The Kier molecular flexibility index (Phi) is 5.49. The number of para-hydroxylation sites is 1. The highest BCUT2D eigenvalue weighted by Crippen LogP contribution is 2.31. The van der Waals surface area contributed by atoms with Crippen molar-refractivity contribution in [1.82, 2.24) is 14.8 Å². The maximum atomic E-state index is 13.1. The minimum absolute atomic E-state index is 0.113. The van der Waals surface area contributed by atoms with Crippen molar-refractivity contribution in [3.63, 3.8) is 0 Å². The Morgan fingerprint density at radius 1 is 1.00 bits per heavy atom. The van der Waals surface area contributed by atoms with Gasteiger partial charge < -0.3 is 14.8 Å². The van der Waals surface area contributed by atoms with Crippen LogP contribution in [-0.4, -0.2) is 52.8 Å². The van der Waals surface area contributed by atoms with Crippen LogP contribution in [0.1, 0.15) is 36.4 Å². The lowest BCUT2D eigenvalue weighted by molar-refractivity contribution is -0.136. The fourth-order valence-corrected chi connectivity index (χ4v) is 5.05. The summed E-state index contributed by atoms with van der Waals surface area (Å²) in [7, 11) is 0. The van der Waals surface area contributed by atoms with Crippen LogP contribution in [0, 0.1) is 5.92 Å². The second-order valence-corrected chi connectivity index (χ2v) is 8.89. The number of benzene rings is 2. The fourth-order valence-electron chi connectivity index (χ4n) is 5.05. The molecule has 0 bridgehead atoms. The number of amides is 2. The van der Waals surface area contributed by atoms with Gasteiger partial charge in [-0.2, -0.15) is 0 Å². The molecular formula is C26H29N3O2. The lowest BCUT2D eigenvalue weighted by Gasteiger charge is -2.33. The first-order valence-electron chi connectivity index (χ1n) is 11.4. The summed E-state index contributed by atoms with van der Waals surface area (Å²) in [5, 5.41) is 1.25. The second-order valence-electron chi connectivity index (χ2n) is 8.89. The van der Waals surface area contributed by atoms with Crippen molar-refractivity contribution in [2.24, 2.45) is 5.92 Å². The van der Waals surface area contributed by atoms with Crippen molar-refractivity contribution in [3.8, 4) is 0 Å². The first-order valence-corrected chi connectivity index (χ1v) is 11.4. The van der Waals surface area contributed by atoms with Crippen molar-refractivity contribution < 1.29 is 9.59 Å². The van der Waals surface area contributed by atoms with Crippen molar-refractivity contribution in [2.45, 2.75) is 31.6 Å². The molecule has 0 spiro atoms. The first-order chi connectivity index (χ1) is 15.2. The third kappa shape index (κ3) is 4.22. The van der Waals surface area contributed by atoms with E-state index in [1.807, 2.05) is 28.0 Å². The van der Waals surface area contributed by atoms with Crippen LogP contribution < -0.4 is 0 Å². The monoisotopic (exact) mass is 415 g/mol. The van der Waals surface area contributed by atoms with E-state index in [2.05, 4.69) is 47.4 Å².